The van der Waals surface area contributed by atoms with E-state index < -0.39 is 0 Å². The van der Waals surface area contributed by atoms with Gasteiger partial charge in [-0.05, 0) is 74.8 Å². The number of rotatable bonds is 5. The SMILES string of the molecule is CC1=CC(c2ccc3nc(-c4cccnc4N)n(C4C=CC(CN5CC(C)NC(C)C5)=CC4)c3n2)=C1. The van der Waals surface area contributed by atoms with Gasteiger partial charge in [0, 0.05) is 43.5 Å². The molecular formula is C29H33N7. The van der Waals surface area contributed by atoms with E-state index in [9.17, 15) is 0 Å². The van der Waals surface area contributed by atoms with Gasteiger partial charge in [-0.3, -0.25) is 4.90 Å². The quantitative estimate of drug-likeness (QED) is 0.559. The van der Waals surface area contributed by atoms with Crippen molar-refractivity contribution in [3.8, 4) is 11.4 Å². The van der Waals surface area contributed by atoms with Crippen LogP contribution in [0.4, 0.5) is 5.82 Å². The molecule has 4 heterocycles. The third-order valence-electron chi connectivity index (χ3n) is 7.20. The third kappa shape index (κ3) is 4.29. The number of fused-ring (bicyclic) bond motifs is 1. The highest BCUT2D eigenvalue weighted by atomic mass is 15.2. The van der Waals surface area contributed by atoms with Gasteiger partial charge >= 0.3 is 0 Å². The molecule has 3 aliphatic rings. The lowest BCUT2D eigenvalue weighted by atomic mass is 9.97. The molecule has 0 radical (unpaired) electrons. The largest absolute Gasteiger partial charge is 0.383 e. The number of nitrogens with two attached hydrogens (primary N) is 1. The van der Waals surface area contributed by atoms with E-state index in [0.29, 0.717) is 17.9 Å². The van der Waals surface area contributed by atoms with E-state index in [0.717, 1.165) is 59.9 Å². The summed E-state index contributed by atoms with van der Waals surface area (Å²) in [5.41, 5.74) is 13.6. The monoisotopic (exact) mass is 479 g/mol. The number of nitrogens with one attached hydrogen (secondary N) is 1. The van der Waals surface area contributed by atoms with E-state index in [1.807, 2.05) is 12.1 Å². The predicted octanol–water partition coefficient (Wildman–Crippen LogP) is 4.53. The summed E-state index contributed by atoms with van der Waals surface area (Å²) in [5.74, 6) is 1.29. The minimum atomic E-state index is 0.102. The Balaban J connectivity index is 1.34. The molecule has 3 aromatic heterocycles. The molecule has 6 rings (SSSR count). The predicted molar refractivity (Wildman–Crippen MR) is 146 cm³/mol. The van der Waals surface area contributed by atoms with Crippen molar-refractivity contribution in [1.29, 1.82) is 0 Å². The van der Waals surface area contributed by atoms with Crippen LogP contribution in [0.2, 0.25) is 0 Å². The summed E-state index contributed by atoms with van der Waals surface area (Å²) in [4.78, 5) is 16.9. The van der Waals surface area contributed by atoms with Crippen LogP contribution in [0.3, 0.4) is 0 Å². The first-order valence-electron chi connectivity index (χ1n) is 12.8. The Morgan fingerprint density at radius 1 is 1.08 bits per heavy atom. The van der Waals surface area contributed by atoms with Gasteiger partial charge in [0.1, 0.15) is 17.2 Å². The molecule has 0 amide bonds. The van der Waals surface area contributed by atoms with Crippen molar-refractivity contribution >= 4 is 22.6 Å². The Bertz CT molecular complexity index is 1430. The lowest BCUT2D eigenvalue weighted by Crippen LogP contribution is -2.54. The summed E-state index contributed by atoms with van der Waals surface area (Å²) in [7, 11) is 0. The van der Waals surface area contributed by atoms with Crippen molar-refractivity contribution in [3.05, 3.63) is 77.7 Å². The van der Waals surface area contributed by atoms with Crippen LogP contribution < -0.4 is 11.1 Å². The number of nitrogens with zero attached hydrogens (tertiary/aromatic N) is 5. The molecule has 3 aromatic rings. The van der Waals surface area contributed by atoms with Gasteiger partial charge in [-0.15, -0.1) is 0 Å². The Morgan fingerprint density at radius 3 is 2.58 bits per heavy atom. The fraction of sp³-hybridized carbons (Fsp3) is 0.345. The lowest BCUT2D eigenvalue weighted by Gasteiger charge is -2.36. The number of piperazine rings is 1. The highest BCUT2D eigenvalue weighted by molar-refractivity contribution is 5.86. The molecule has 36 heavy (non-hydrogen) atoms. The van der Waals surface area contributed by atoms with Crippen molar-refractivity contribution < 1.29 is 0 Å². The number of aromatic nitrogens is 4. The van der Waals surface area contributed by atoms with Crippen LogP contribution >= 0.6 is 0 Å². The second kappa shape index (κ2) is 9.15. The van der Waals surface area contributed by atoms with Crippen molar-refractivity contribution in [2.75, 3.05) is 25.4 Å². The Kier molecular flexibility index (Phi) is 5.82. The van der Waals surface area contributed by atoms with Crippen LogP contribution in [0.25, 0.3) is 28.1 Å². The van der Waals surface area contributed by atoms with Gasteiger partial charge in [0.15, 0.2) is 5.65 Å². The van der Waals surface area contributed by atoms with E-state index in [1.165, 1.54) is 11.1 Å². The zero-order valence-electron chi connectivity index (χ0n) is 21.1. The summed E-state index contributed by atoms with van der Waals surface area (Å²) >= 11 is 0. The molecule has 0 bridgehead atoms. The normalized spacial score (nSPS) is 24.3. The van der Waals surface area contributed by atoms with Gasteiger partial charge in [0.25, 0.3) is 0 Å². The number of pyridine rings is 2. The fourth-order valence-corrected chi connectivity index (χ4v) is 5.66. The standard InChI is InChI=1S/C29H33N7/c1-18-13-22(14-18)25-10-11-26-29(33-25)36(28(34-26)24-5-4-12-31-27(24)30)23-8-6-21(7-9-23)17-35-15-19(2)32-20(3)16-35/h4-8,10-14,19-20,23,32H,9,15-17H2,1-3H3,(H2,30,31). The number of imidazole rings is 1. The summed E-state index contributed by atoms with van der Waals surface area (Å²) in [6, 6.07) is 9.15. The summed E-state index contributed by atoms with van der Waals surface area (Å²) < 4.78 is 2.24. The van der Waals surface area contributed by atoms with Gasteiger partial charge in [-0.2, -0.15) is 0 Å². The number of allylic oxidation sites excluding steroid dienone is 6. The van der Waals surface area contributed by atoms with E-state index >= 15 is 0 Å². The topological polar surface area (TPSA) is 84.9 Å². The molecule has 0 aromatic carbocycles. The second-order valence-electron chi connectivity index (χ2n) is 10.4. The maximum Gasteiger partial charge on any atom is 0.161 e. The fourth-order valence-electron chi connectivity index (χ4n) is 5.66. The molecule has 7 nitrogen and oxygen atoms in total. The van der Waals surface area contributed by atoms with Gasteiger partial charge in [0.05, 0.1) is 17.3 Å². The first-order valence-corrected chi connectivity index (χ1v) is 12.8. The van der Waals surface area contributed by atoms with Gasteiger partial charge in [-0.25, -0.2) is 15.0 Å². The average molecular weight is 480 g/mol. The molecule has 184 valence electrons. The Hall–Kier alpha value is -3.55. The van der Waals surface area contributed by atoms with E-state index in [-0.39, 0.29) is 6.04 Å². The van der Waals surface area contributed by atoms with E-state index in [4.69, 9.17) is 15.7 Å². The van der Waals surface area contributed by atoms with Crippen molar-refractivity contribution in [2.45, 2.75) is 45.3 Å². The molecule has 3 N–H and O–H groups in total. The molecule has 1 aliphatic heterocycles. The van der Waals surface area contributed by atoms with Crippen LogP contribution in [0.15, 0.2) is 72.0 Å². The van der Waals surface area contributed by atoms with Crippen LogP contribution in [0.1, 0.15) is 38.9 Å². The number of hydrogen-bond donors (Lipinski definition) is 2. The number of nitrogen functional groups attached to an aromatic ring is 1. The van der Waals surface area contributed by atoms with E-state index in [1.54, 1.807) is 6.20 Å². The van der Waals surface area contributed by atoms with E-state index in [2.05, 4.69) is 83.1 Å². The summed E-state index contributed by atoms with van der Waals surface area (Å²) in [6.45, 7) is 9.76. The van der Waals surface area contributed by atoms with Gasteiger partial charge in [-0.1, -0.05) is 18.2 Å². The van der Waals surface area contributed by atoms with Gasteiger partial charge < -0.3 is 15.6 Å². The molecule has 3 unspecified atom stereocenters. The van der Waals surface area contributed by atoms with Crippen LogP contribution in [0, 0.1) is 0 Å². The zero-order chi connectivity index (χ0) is 24.8. The minimum absolute atomic E-state index is 0.102. The molecular weight excluding hydrogens is 446 g/mol. The van der Waals surface area contributed by atoms with Crippen molar-refractivity contribution in [2.24, 2.45) is 0 Å². The smallest absolute Gasteiger partial charge is 0.161 e. The minimum Gasteiger partial charge on any atom is -0.383 e. The summed E-state index contributed by atoms with van der Waals surface area (Å²) in [5, 5.41) is 3.62. The molecule has 7 heteroatoms. The lowest BCUT2D eigenvalue weighted by molar-refractivity contribution is 0.187. The average Bonchev–Trinajstić information content (AvgIpc) is 3.20. The third-order valence-corrected chi connectivity index (χ3v) is 7.20. The number of hydrogen-bond acceptors (Lipinski definition) is 6. The second-order valence-corrected chi connectivity index (χ2v) is 10.4. The Labute approximate surface area is 212 Å². The van der Waals surface area contributed by atoms with Crippen LogP contribution in [0.5, 0.6) is 0 Å². The van der Waals surface area contributed by atoms with Crippen LogP contribution in [-0.4, -0.2) is 56.1 Å². The molecule has 2 aliphatic carbocycles. The first-order chi connectivity index (χ1) is 17.4. The zero-order valence-corrected chi connectivity index (χ0v) is 21.1. The van der Waals surface area contributed by atoms with Crippen molar-refractivity contribution in [1.82, 2.24) is 29.7 Å². The molecule has 1 fully saturated rings. The first kappa shape index (κ1) is 22.9. The van der Waals surface area contributed by atoms with Crippen LogP contribution in [-0.2, 0) is 0 Å². The Morgan fingerprint density at radius 2 is 1.89 bits per heavy atom. The molecule has 0 saturated carbocycles. The maximum absolute atomic E-state index is 6.30. The molecule has 0 spiro atoms. The molecule has 3 atom stereocenters. The highest BCUT2D eigenvalue weighted by Crippen LogP contribution is 2.35. The maximum atomic E-state index is 6.30. The summed E-state index contributed by atoms with van der Waals surface area (Å²) in [6.07, 6.45) is 13.9. The van der Waals surface area contributed by atoms with Gasteiger partial charge in [0.2, 0.25) is 0 Å². The highest BCUT2D eigenvalue weighted by Gasteiger charge is 2.25. The molecule has 1 saturated heterocycles. The van der Waals surface area contributed by atoms with Crippen molar-refractivity contribution in [3.63, 3.8) is 0 Å². The number of anilines is 1.